The van der Waals surface area contributed by atoms with Gasteiger partial charge in [0, 0.05) is 17.2 Å². The Labute approximate surface area is 154 Å². The number of benzene rings is 2. The zero-order chi connectivity index (χ0) is 19.4. The quantitative estimate of drug-likeness (QED) is 0.524. The van der Waals surface area contributed by atoms with E-state index in [1.165, 1.54) is 25.1 Å². The number of methoxy groups -OCH3 is 1. The van der Waals surface area contributed by atoms with E-state index in [0.717, 1.165) is 11.3 Å². The second kappa shape index (κ2) is 7.65. The molecule has 0 spiro atoms. The van der Waals surface area contributed by atoms with Gasteiger partial charge in [-0.05, 0) is 30.7 Å². The molecule has 3 rings (SSSR count). The molecule has 0 aliphatic heterocycles. The Morgan fingerprint density at radius 3 is 2.63 bits per heavy atom. The molecule has 1 aromatic heterocycles. The monoisotopic (exact) mass is 368 g/mol. The number of carbonyl (C=O) groups is 1. The molecule has 138 valence electrons. The predicted molar refractivity (Wildman–Crippen MR) is 95.9 cm³/mol. The minimum Gasteiger partial charge on any atom is -0.497 e. The van der Waals surface area contributed by atoms with Gasteiger partial charge in [0.05, 0.1) is 18.5 Å². The average molecular weight is 368 g/mol. The van der Waals surface area contributed by atoms with Crippen molar-refractivity contribution < 1.29 is 18.9 Å². The number of nitrogens with one attached hydrogen (secondary N) is 1. The van der Waals surface area contributed by atoms with Gasteiger partial charge in [0.2, 0.25) is 5.89 Å². The summed E-state index contributed by atoms with van der Waals surface area (Å²) in [6, 6.07) is 11.6. The molecule has 0 aliphatic carbocycles. The maximum atomic E-state index is 12.4. The topological polar surface area (TPSA) is 120 Å². The van der Waals surface area contributed by atoms with E-state index < -0.39 is 10.8 Å². The van der Waals surface area contributed by atoms with E-state index in [1.54, 1.807) is 7.11 Å². The second-order valence-corrected chi connectivity index (χ2v) is 5.69. The normalized spacial score (nSPS) is 10.4. The molecule has 9 nitrogen and oxygen atoms in total. The number of hydrogen-bond acceptors (Lipinski definition) is 7. The van der Waals surface area contributed by atoms with Gasteiger partial charge in [0.15, 0.2) is 0 Å². The molecule has 0 radical (unpaired) electrons. The number of hydrogen-bond donors (Lipinski definition) is 1. The Morgan fingerprint density at radius 1 is 1.22 bits per heavy atom. The lowest BCUT2D eigenvalue weighted by Crippen LogP contribution is -2.14. The minimum absolute atomic E-state index is 0.0746. The van der Waals surface area contributed by atoms with Crippen molar-refractivity contribution in [3.8, 4) is 5.75 Å². The van der Waals surface area contributed by atoms with Crippen molar-refractivity contribution in [1.29, 1.82) is 0 Å². The molecule has 1 heterocycles. The first-order valence-corrected chi connectivity index (χ1v) is 7.98. The maximum absolute atomic E-state index is 12.4. The van der Waals surface area contributed by atoms with Crippen molar-refractivity contribution in [3.05, 3.63) is 75.2 Å². The maximum Gasteiger partial charge on any atom is 0.322 e. The van der Waals surface area contributed by atoms with Crippen LogP contribution in [0.2, 0.25) is 0 Å². The number of anilines is 1. The van der Waals surface area contributed by atoms with Crippen LogP contribution in [0.25, 0.3) is 0 Å². The molecule has 0 atom stereocenters. The number of nitrogens with zero attached hydrogens (tertiary/aromatic N) is 3. The third kappa shape index (κ3) is 4.09. The molecule has 3 aromatic rings. The minimum atomic E-state index is -0.559. The Balaban J connectivity index is 1.71. The van der Waals surface area contributed by atoms with Crippen molar-refractivity contribution in [2.24, 2.45) is 0 Å². The van der Waals surface area contributed by atoms with E-state index in [0.29, 0.717) is 12.3 Å². The lowest BCUT2D eigenvalue weighted by atomic mass is 10.1. The van der Waals surface area contributed by atoms with E-state index in [2.05, 4.69) is 15.5 Å². The van der Waals surface area contributed by atoms with Crippen LogP contribution >= 0.6 is 0 Å². The van der Waals surface area contributed by atoms with Gasteiger partial charge in [0.25, 0.3) is 11.6 Å². The summed E-state index contributed by atoms with van der Waals surface area (Å²) >= 11 is 0. The highest BCUT2D eigenvalue weighted by atomic mass is 16.6. The van der Waals surface area contributed by atoms with Crippen molar-refractivity contribution in [3.63, 3.8) is 0 Å². The fourth-order valence-electron chi connectivity index (χ4n) is 2.53. The fourth-order valence-corrected chi connectivity index (χ4v) is 2.53. The number of carbonyl (C=O) groups excluding carboxylic acids is 1. The van der Waals surface area contributed by atoms with Gasteiger partial charge in [-0.25, -0.2) is 0 Å². The molecule has 1 N–H and O–H groups in total. The zero-order valence-electron chi connectivity index (χ0n) is 14.6. The van der Waals surface area contributed by atoms with Crippen LogP contribution < -0.4 is 10.1 Å². The van der Waals surface area contributed by atoms with Crippen LogP contribution in [0.15, 0.2) is 46.9 Å². The number of nitro groups is 1. The van der Waals surface area contributed by atoms with Crippen LogP contribution in [0.3, 0.4) is 0 Å². The molecule has 9 heteroatoms. The summed E-state index contributed by atoms with van der Waals surface area (Å²) in [5.41, 5.74) is 1.23. The standard InChI is InChI=1S/C18H16N4O5/c1-11-14(4-3-5-15(11)22(24)25)17(23)19-18-21-20-16(27-18)10-12-6-8-13(26-2)9-7-12/h3-9H,10H2,1-2H3,(H,19,21,23). The summed E-state index contributed by atoms with van der Waals surface area (Å²) < 4.78 is 10.5. The molecule has 1 amide bonds. The Bertz CT molecular complexity index is 982. The van der Waals surface area contributed by atoms with E-state index >= 15 is 0 Å². The van der Waals surface area contributed by atoms with Gasteiger partial charge < -0.3 is 9.15 Å². The van der Waals surface area contributed by atoms with Gasteiger partial charge in [-0.2, -0.15) is 0 Å². The third-order valence-corrected chi connectivity index (χ3v) is 3.95. The van der Waals surface area contributed by atoms with E-state index in [1.807, 2.05) is 24.3 Å². The van der Waals surface area contributed by atoms with E-state index in [9.17, 15) is 14.9 Å². The lowest BCUT2D eigenvalue weighted by Gasteiger charge is -2.05. The largest absolute Gasteiger partial charge is 0.497 e. The molecule has 0 fully saturated rings. The summed E-state index contributed by atoms with van der Waals surface area (Å²) in [4.78, 5) is 22.8. The first kappa shape index (κ1) is 18.1. The predicted octanol–water partition coefficient (Wildman–Crippen LogP) is 3.14. The summed E-state index contributed by atoms with van der Waals surface area (Å²) in [6.07, 6.45) is 0.392. The average Bonchev–Trinajstić information content (AvgIpc) is 3.09. The molecule has 0 bridgehead atoms. The highest BCUT2D eigenvalue weighted by Crippen LogP contribution is 2.22. The molecule has 2 aromatic carbocycles. The zero-order valence-corrected chi connectivity index (χ0v) is 14.6. The van der Waals surface area contributed by atoms with Crippen molar-refractivity contribution in [1.82, 2.24) is 10.2 Å². The van der Waals surface area contributed by atoms with E-state index in [4.69, 9.17) is 9.15 Å². The Hall–Kier alpha value is -3.75. The molecule has 0 unspecified atom stereocenters. The number of aromatic nitrogens is 2. The number of nitro benzene ring substituents is 1. The van der Waals surface area contributed by atoms with Crippen LogP contribution in [0.5, 0.6) is 5.75 Å². The smallest absolute Gasteiger partial charge is 0.322 e. The highest BCUT2D eigenvalue weighted by Gasteiger charge is 2.19. The van der Waals surface area contributed by atoms with Gasteiger partial charge in [-0.1, -0.05) is 23.3 Å². The van der Waals surface area contributed by atoms with Crippen molar-refractivity contribution >= 4 is 17.6 Å². The fraction of sp³-hybridized carbons (Fsp3) is 0.167. The van der Waals surface area contributed by atoms with Gasteiger partial charge in [-0.3, -0.25) is 20.2 Å². The lowest BCUT2D eigenvalue weighted by molar-refractivity contribution is -0.385. The Kier molecular flexibility index (Phi) is 5.11. The summed E-state index contributed by atoms with van der Waals surface area (Å²) in [5.74, 6) is 0.506. The Morgan fingerprint density at radius 2 is 1.96 bits per heavy atom. The number of rotatable bonds is 6. The second-order valence-electron chi connectivity index (χ2n) is 5.69. The highest BCUT2D eigenvalue weighted by molar-refractivity contribution is 6.04. The van der Waals surface area contributed by atoms with Crippen LogP contribution in [0.4, 0.5) is 11.7 Å². The first-order valence-electron chi connectivity index (χ1n) is 7.98. The summed E-state index contributed by atoms with van der Waals surface area (Å²) in [5, 5.41) is 21.2. The van der Waals surface area contributed by atoms with Crippen LogP contribution in [0.1, 0.15) is 27.4 Å². The molecule has 0 saturated heterocycles. The summed E-state index contributed by atoms with van der Waals surface area (Å²) in [6.45, 7) is 1.51. The summed E-state index contributed by atoms with van der Waals surface area (Å²) in [7, 11) is 1.59. The third-order valence-electron chi connectivity index (χ3n) is 3.95. The van der Waals surface area contributed by atoms with Crippen molar-refractivity contribution in [2.75, 3.05) is 12.4 Å². The van der Waals surface area contributed by atoms with Gasteiger partial charge in [0.1, 0.15) is 5.75 Å². The van der Waals surface area contributed by atoms with Crippen LogP contribution in [0, 0.1) is 17.0 Å². The molecular formula is C18H16N4O5. The van der Waals surface area contributed by atoms with E-state index in [-0.39, 0.29) is 22.8 Å². The molecule has 27 heavy (non-hydrogen) atoms. The molecule has 0 saturated carbocycles. The molecule has 0 aliphatic rings. The van der Waals surface area contributed by atoms with Gasteiger partial charge >= 0.3 is 6.01 Å². The number of amides is 1. The molecular weight excluding hydrogens is 352 g/mol. The first-order chi connectivity index (χ1) is 13.0. The van der Waals surface area contributed by atoms with Crippen LogP contribution in [-0.4, -0.2) is 28.1 Å². The van der Waals surface area contributed by atoms with Crippen molar-refractivity contribution in [2.45, 2.75) is 13.3 Å². The number of ether oxygens (including phenoxy) is 1. The van der Waals surface area contributed by atoms with Crippen LogP contribution in [-0.2, 0) is 6.42 Å². The SMILES string of the molecule is COc1ccc(Cc2nnc(NC(=O)c3cccc([N+](=O)[O-])c3C)o2)cc1. The van der Waals surface area contributed by atoms with Gasteiger partial charge in [-0.15, -0.1) is 5.10 Å².